The van der Waals surface area contributed by atoms with E-state index in [-0.39, 0.29) is 0 Å². The molecule has 0 aliphatic carbocycles. The molecule has 0 aromatic heterocycles. The number of thiol groups is 1. The van der Waals surface area contributed by atoms with Crippen molar-refractivity contribution in [2.45, 2.75) is 0 Å². The normalized spacial score (nSPS) is 10.7. The number of rotatable bonds is 0. The van der Waals surface area contributed by atoms with Crippen LogP contribution in [0.25, 0.3) is 0 Å². The lowest BCUT2D eigenvalue weighted by Gasteiger charge is -1.95. The molecule has 0 aromatic carbocycles. The molecule has 1 atom stereocenters. The van der Waals surface area contributed by atoms with Crippen molar-refractivity contribution < 1.29 is 9.90 Å². The molecule has 0 aliphatic heterocycles. The lowest BCUT2D eigenvalue weighted by molar-refractivity contribution is 0.222. The van der Waals surface area contributed by atoms with Crippen molar-refractivity contribution in [3.05, 3.63) is 6.26 Å². The summed E-state index contributed by atoms with van der Waals surface area (Å²) in [6.07, 6.45) is 4.90. The molecule has 0 fully saturated rings. The van der Waals surface area contributed by atoms with Gasteiger partial charge in [-0.05, 0) is 12.5 Å². The van der Waals surface area contributed by atoms with Crippen molar-refractivity contribution in [3.8, 4) is 0 Å². The Bertz CT molecular complexity index is 59.8. The molecule has 0 aliphatic rings. The van der Waals surface area contributed by atoms with Crippen molar-refractivity contribution in [2.75, 3.05) is 6.26 Å². The zero-order valence-corrected chi connectivity index (χ0v) is 4.40. The summed E-state index contributed by atoms with van der Waals surface area (Å²) in [6, 6.07) is 0. The maximum atomic E-state index is 9.67. The highest BCUT2D eigenvalue weighted by molar-refractivity contribution is 8.29. The fourth-order valence-electron chi connectivity index (χ4n) is 0. The Labute approximate surface area is 39.5 Å². The Morgan fingerprint density at radius 3 is 2.17 bits per heavy atom. The molecule has 2 nitrogen and oxygen atoms in total. The molecular weight excluding hydrogens is 100 g/mol. The van der Waals surface area contributed by atoms with Gasteiger partial charge in [0, 0.05) is 0 Å². The summed E-state index contributed by atoms with van der Waals surface area (Å²) in [5.41, 5.74) is 0. The predicted octanol–water partition coefficient (Wildman–Crippen LogP) is 1.09. The molecule has 3 heteroatoms. The van der Waals surface area contributed by atoms with Gasteiger partial charge in [-0.3, -0.25) is 0 Å². The van der Waals surface area contributed by atoms with Crippen LogP contribution >= 0.6 is 10.9 Å². The van der Waals surface area contributed by atoms with Crippen LogP contribution in [0.4, 0.5) is 4.79 Å². The van der Waals surface area contributed by atoms with Gasteiger partial charge in [0.2, 0.25) is 0 Å². The molecule has 0 rings (SSSR count). The summed E-state index contributed by atoms with van der Waals surface area (Å²) >= 11 is 0. The van der Waals surface area contributed by atoms with Crippen LogP contribution in [-0.2, 0) is 0 Å². The van der Waals surface area contributed by atoms with Crippen LogP contribution in [-0.4, -0.2) is 16.7 Å². The number of carboxylic acid groups (broad SMARTS) is 1. The second-order valence-corrected chi connectivity index (χ2v) is 2.76. The molecule has 0 aromatic rings. The smallest absolute Gasteiger partial charge is 0.344 e. The Hall–Kier alpha value is -0.180. The van der Waals surface area contributed by atoms with E-state index in [2.05, 4.69) is 6.26 Å². The quantitative estimate of drug-likeness (QED) is 0.454. The van der Waals surface area contributed by atoms with E-state index in [0.29, 0.717) is 0 Å². The van der Waals surface area contributed by atoms with Crippen molar-refractivity contribution in [1.82, 2.24) is 0 Å². The molecule has 0 spiro atoms. The van der Waals surface area contributed by atoms with Gasteiger partial charge in [0.15, 0.2) is 0 Å². The summed E-state index contributed by atoms with van der Waals surface area (Å²) in [4.78, 5) is 9.67. The van der Waals surface area contributed by atoms with Crippen LogP contribution < -0.4 is 0 Å². The van der Waals surface area contributed by atoms with E-state index in [0.717, 1.165) is 0 Å². The van der Waals surface area contributed by atoms with Crippen LogP contribution in [0.1, 0.15) is 0 Å². The minimum Gasteiger partial charge on any atom is -0.474 e. The van der Waals surface area contributed by atoms with E-state index in [4.69, 9.17) is 5.11 Å². The van der Waals surface area contributed by atoms with Crippen LogP contribution in [0.3, 0.4) is 0 Å². The summed E-state index contributed by atoms with van der Waals surface area (Å²) in [5.74, 6) is 0. The zero-order chi connectivity index (χ0) is 5.15. The van der Waals surface area contributed by atoms with Gasteiger partial charge < -0.3 is 5.11 Å². The molecule has 0 saturated heterocycles. The van der Waals surface area contributed by atoms with E-state index >= 15 is 0 Å². The Morgan fingerprint density at radius 2 is 2.17 bits per heavy atom. The molecule has 0 heterocycles. The average molecular weight is 107 g/mol. The predicted molar refractivity (Wildman–Crippen MR) is 28.3 cm³/mol. The van der Waals surface area contributed by atoms with E-state index < -0.39 is 16.2 Å². The van der Waals surface area contributed by atoms with E-state index in [1.54, 1.807) is 6.26 Å². The first-order valence-electron chi connectivity index (χ1n) is 1.41. The van der Waals surface area contributed by atoms with Gasteiger partial charge in [0.1, 0.15) is 0 Å². The summed E-state index contributed by atoms with van der Waals surface area (Å²) < 4.78 is 0. The average Bonchev–Trinajstić information content (AvgIpc) is 1.36. The van der Waals surface area contributed by atoms with Crippen molar-refractivity contribution >= 4 is 16.2 Å². The minimum atomic E-state index is -0.993. The number of hydrogen-bond acceptors (Lipinski definition) is 1. The van der Waals surface area contributed by atoms with Crippen LogP contribution in [0, 0.1) is 6.26 Å². The minimum absolute atomic E-state index is 0.787. The molecular formula is C3H7O2S. The second kappa shape index (κ2) is 2.08. The highest BCUT2D eigenvalue weighted by atomic mass is 32.2. The maximum Gasteiger partial charge on any atom is 0.344 e. The fraction of sp³-hybridized carbons (Fsp3) is 0.333. The molecule has 0 bridgehead atoms. The van der Waals surface area contributed by atoms with Gasteiger partial charge in [0.05, 0.1) is 0 Å². The van der Waals surface area contributed by atoms with Gasteiger partial charge in [-0.1, -0.05) is 0 Å². The Morgan fingerprint density at radius 1 is 2.00 bits per heavy atom. The SMILES string of the molecule is [CH2][SH](C)C(=O)O. The summed E-state index contributed by atoms with van der Waals surface area (Å²) in [6.45, 7) is 0. The van der Waals surface area contributed by atoms with Crippen molar-refractivity contribution in [1.29, 1.82) is 0 Å². The largest absolute Gasteiger partial charge is 0.474 e. The Balaban J connectivity index is 3.26. The summed E-state index contributed by atoms with van der Waals surface area (Å²) in [7, 11) is -0.993. The summed E-state index contributed by atoms with van der Waals surface area (Å²) in [5, 5.41) is 7.17. The standard InChI is InChI=1S/C3H7O2S/c1-6(2)3(4)5/h6H,1H2,2H3,(H,4,5). The van der Waals surface area contributed by atoms with Gasteiger partial charge >= 0.3 is 5.30 Å². The highest BCUT2D eigenvalue weighted by Gasteiger charge is 1.93. The fourth-order valence-corrected chi connectivity index (χ4v) is 0. The van der Waals surface area contributed by atoms with E-state index in [9.17, 15) is 4.79 Å². The second-order valence-electron chi connectivity index (χ2n) is 0.981. The molecule has 0 amide bonds. The van der Waals surface area contributed by atoms with Crippen LogP contribution in [0.15, 0.2) is 0 Å². The van der Waals surface area contributed by atoms with E-state index in [1.165, 1.54) is 0 Å². The molecule has 6 heavy (non-hydrogen) atoms. The van der Waals surface area contributed by atoms with Gasteiger partial charge in [-0.15, -0.1) is 0 Å². The lowest BCUT2D eigenvalue weighted by Crippen LogP contribution is -1.85. The Kier molecular flexibility index (Phi) is 2.01. The van der Waals surface area contributed by atoms with Crippen LogP contribution in [0.2, 0.25) is 0 Å². The van der Waals surface area contributed by atoms with Gasteiger partial charge in [0.25, 0.3) is 0 Å². The third kappa shape index (κ3) is 2.08. The molecule has 1 N–H and O–H groups in total. The molecule has 37 valence electrons. The van der Waals surface area contributed by atoms with Crippen molar-refractivity contribution in [2.24, 2.45) is 0 Å². The van der Waals surface area contributed by atoms with E-state index in [1.807, 2.05) is 0 Å². The van der Waals surface area contributed by atoms with Crippen molar-refractivity contribution in [3.63, 3.8) is 0 Å². The number of carbonyl (C=O) groups is 1. The first-order valence-corrected chi connectivity index (χ1v) is 3.39. The van der Waals surface area contributed by atoms with Gasteiger partial charge in [-0.2, -0.15) is 10.9 Å². The molecule has 1 radical (unpaired) electrons. The highest BCUT2D eigenvalue weighted by Crippen LogP contribution is 2.15. The zero-order valence-electron chi connectivity index (χ0n) is 3.51. The molecule has 0 saturated carbocycles. The van der Waals surface area contributed by atoms with Gasteiger partial charge in [-0.25, -0.2) is 4.79 Å². The lowest BCUT2D eigenvalue weighted by atomic mass is 11.6. The first-order chi connectivity index (χ1) is 2.64. The monoisotopic (exact) mass is 107 g/mol. The third-order valence-corrected chi connectivity index (χ3v) is 0.980. The topological polar surface area (TPSA) is 37.3 Å². The third-order valence-electron chi connectivity index (χ3n) is 0.327. The maximum absolute atomic E-state index is 9.67. The molecule has 1 unspecified atom stereocenters. The van der Waals surface area contributed by atoms with Crippen LogP contribution in [0.5, 0.6) is 0 Å². The number of hydrogen-bond donors (Lipinski definition) is 2. The first kappa shape index (κ1) is 5.82.